The van der Waals surface area contributed by atoms with Crippen LogP contribution in [0.5, 0.6) is 0 Å². The zero-order chi connectivity index (χ0) is 13.8. The van der Waals surface area contributed by atoms with E-state index in [0.717, 1.165) is 0 Å². The van der Waals surface area contributed by atoms with Gasteiger partial charge in [-0.1, -0.05) is 49.4 Å². The van der Waals surface area contributed by atoms with Gasteiger partial charge in [0.05, 0.1) is 4.92 Å². The van der Waals surface area contributed by atoms with Crippen LogP contribution in [-0.4, -0.2) is 10.7 Å². The highest BCUT2D eigenvalue weighted by molar-refractivity contribution is 6.10. The molecule has 4 heteroatoms. The van der Waals surface area contributed by atoms with Crippen molar-refractivity contribution >= 4 is 11.5 Å². The normalized spacial score (nSPS) is 10.2. The number of carbonyl (C=O) groups is 1. The van der Waals surface area contributed by atoms with Crippen molar-refractivity contribution < 1.29 is 9.72 Å². The van der Waals surface area contributed by atoms with Crippen LogP contribution in [-0.2, 0) is 6.42 Å². The minimum absolute atomic E-state index is 0.00396. The zero-order valence-electron chi connectivity index (χ0n) is 10.5. The maximum Gasteiger partial charge on any atom is 0.273 e. The Balaban J connectivity index is 2.54. The van der Waals surface area contributed by atoms with Crippen LogP contribution < -0.4 is 0 Å². The molecule has 0 aliphatic rings. The highest BCUT2D eigenvalue weighted by Gasteiger charge is 2.20. The average Bonchev–Trinajstić information content (AvgIpc) is 2.46. The van der Waals surface area contributed by atoms with Gasteiger partial charge in [-0.2, -0.15) is 0 Å². The second-order valence-corrected chi connectivity index (χ2v) is 4.11. The van der Waals surface area contributed by atoms with E-state index in [1.807, 2.05) is 13.0 Å². The van der Waals surface area contributed by atoms with Crippen molar-refractivity contribution in [3.8, 4) is 0 Å². The Kier molecular flexibility index (Phi) is 3.71. The summed E-state index contributed by atoms with van der Waals surface area (Å²) in [5, 5.41) is 11.0. The summed E-state index contributed by atoms with van der Waals surface area (Å²) in [6, 6.07) is 13.4. The number of hydrogen-bond donors (Lipinski definition) is 0. The molecule has 0 heterocycles. The standard InChI is InChI=1S/C15H13NO3/c1-2-12-13(9-6-10-14(12)16(18)19)15(17)11-7-4-3-5-8-11/h3-10H,2H2,1H3. The van der Waals surface area contributed by atoms with E-state index in [9.17, 15) is 14.9 Å². The molecular formula is C15H13NO3. The molecule has 2 aromatic carbocycles. The van der Waals surface area contributed by atoms with Crippen LogP contribution in [0.25, 0.3) is 0 Å². The number of ketones is 1. The molecule has 0 radical (unpaired) electrons. The molecule has 4 nitrogen and oxygen atoms in total. The van der Waals surface area contributed by atoms with Crippen molar-refractivity contribution in [1.29, 1.82) is 0 Å². The molecule has 0 saturated carbocycles. The summed E-state index contributed by atoms with van der Waals surface area (Å²) in [6.45, 7) is 1.81. The second-order valence-electron chi connectivity index (χ2n) is 4.11. The molecule has 2 rings (SSSR count). The van der Waals surface area contributed by atoms with Crippen molar-refractivity contribution in [3.63, 3.8) is 0 Å². The number of nitro groups is 1. The van der Waals surface area contributed by atoms with Gasteiger partial charge in [0.2, 0.25) is 0 Å². The van der Waals surface area contributed by atoms with Crippen LogP contribution in [0, 0.1) is 10.1 Å². The molecular weight excluding hydrogens is 242 g/mol. The van der Waals surface area contributed by atoms with E-state index in [2.05, 4.69) is 0 Å². The molecule has 0 aromatic heterocycles. The number of nitrogens with zero attached hydrogens (tertiary/aromatic N) is 1. The van der Waals surface area contributed by atoms with E-state index >= 15 is 0 Å². The number of benzene rings is 2. The van der Waals surface area contributed by atoms with E-state index in [4.69, 9.17) is 0 Å². The lowest BCUT2D eigenvalue weighted by Crippen LogP contribution is -2.07. The van der Waals surface area contributed by atoms with Gasteiger partial charge in [0, 0.05) is 22.8 Å². The largest absolute Gasteiger partial charge is 0.289 e. The van der Waals surface area contributed by atoms with E-state index in [0.29, 0.717) is 23.1 Å². The zero-order valence-corrected chi connectivity index (χ0v) is 10.5. The predicted molar refractivity (Wildman–Crippen MR) is 72.3 cm³/mol. The SMILES string of the molecule is CCc1c(C(=O)c2ccccc2)cccc1[N+](=O)[O-]. The van der Waals surface area contributed by atoms with Gasteiger partial charge >= 0.3 is 0 Å². The van der Waals surface area contributed by atoms with E-state index in [1.54, 1.807) is 36.4 Å². The van der Waals surface area contributed by atoms with Crippen molar-refractivity contribution in [3.05, 3.63) is 75.3 Å². The van der Waals surface area contributed by atoms with Gasteiger partial charge in [0.1, 0.15) is 0 Å². The Morgan fingerprint density at radius 2 is 1.79 bits per heavy atom. The number of hydrogen-bond acceptors (Lipinski definition) is 3. The minimum Gasteiger partial charge on any atom is -0.289 e. The first-order valence-corrected chi connectivity index (χ1v) is 6.01. The first kappa shape index (κ1) is 13.0. The van der Waals surface area contributed by atoms with Crippen molar-refractivity contribution in [2.45, 2.75) is 13.3 Å². The lowest BCUT2D eigenvalue weighted by Gasteiger charge is -2.07. The number of nitro benzene ring substituents is 1. The molecule has 19 heavy (non-hydrogen) atoms. The fourth-order valence-electron chi connectivity index (χ4n) is 2.08. The van der Waals surface area contributed by atoms with Gasteiger partial charge in [0.15, 0.2) is 5.78 Å². The average molecular weight is 255 g/mol. The van der Waals surface area contributed by atoms with Crippen LogP contribution in [0.4, 0.5) is 5.69 Å². The summed E-state index contributed by atoms with van der Waals surface area (Å²) in [6.07, 6.45) is 0.449. The molecule has 0 aliphatic heterocycles. The topological polar surface area (TPSA) is 60.2 Å². The fraction of sp³-hybridized carbons (Fsp3) is 0.133. The van der Waals surface area contributed by atoms with Crippen molar-refractivity contribution in [2.24, 2.45) is 0 Å². The van der Waals surface area contributed by atoms with Crippen molar-refractivity contribution in [2.75, 3.05) is 0 Å². The Morgan fingerprint density at radius 1 is 1.11 bits per heavy atom. The van der Waals surface area contributed by atoms with Gasteiger partial charge in [-0.3, -0.25) is 14.9 Å². The molecule has 0 aliphatic carbocycles. The molecule has 0 atom stereocenters. The first-order chi connectivity index (χ1) is 9.15. The first-order valence-electron chi connectivity index (χ1n) is 6.01. The maximum atomic E-state index is 12.4. The van der Waals surface area contributed by atoms with E-state index < -0.39 is 4.92 Å². The van der Waals surface area contributed by atoms with Gasteiger partial charge in [-0.25, -0.2) is 0 Å². The number of rotatable bonds is 4. The van der Waals surface area contributed by atoms with Gasteiger partial charge < -0.3 is 0 Å². The summed E-state index contributed by atoms with van der Waals surface area (Å²) in [4.78, 5) is 22.9. The smallest absolute Gasteiger partial charge is 0.273 e. The fourth-order valence-corrected chi connectivity index (χ4v) is 2.08. The van der Waals surface area contributed by atoms with Crippen LogP contribution >= 0.6 is 0 Å². The monoisotopic (exact) mass is 255 g/mol. The van der Waals surface area contributed by atoms with E-state index in [1.165, 1.54) is 6.07 Å². The van der Waals surface area contributed by atoms with Crippen LogP contribution in [0.15, 0.2) is 48.5 Å². The minimum atomic E-state index is -0.444. The summed E-state index contributed by atoms with van der Waals surface area (Å²) < 4.78 is 0. The maximum absolute atomic E-state index is 12.4. The van der Waals surface area contributed by atoms with Crippen LogP contribution in [0.2, 0.25) is 0 Å². The molecule has 0 bridgehead atoms. The Morgan fingerprint density at radius 3 is 2.37 bits per heavy atom. The van der Waals surface area contributed by atoms with Gasteiger partial charge in [-0.15, -0.1) is 0 Å². The summed E-state index contributed by atoms with van der Waals surface area (Å²) >= 11 is 0. The quantitative estimate of drug-likeness (QED) is 0.478. The summed E-state index contributed by atoms with van der Waals surface area (Å²) in [5.74, 6) is -0.179. The molecule has 2 aromatic rings. The van der Waals surface area contributed by atoms with E-state index in [-0.39, 0.29) is 11.5 Å². The van der Waals surface area contributed by atoms with Crippen LogP contribution in [0.1, 0.15) is 28.4 Å². The third-order valence-electron chi connectivity index (χ3n) is 2.98. The third kappa shape index (κ3) is 2.52. The van der Waals surface area contributed by atoms with Crippen molar-refractivity contribution in [1.82, 2.24) is 0 Å². The second kappa shape index (κ2) is 5.44. The lowest BCUT2D eigenvalue weighted by atomic mass is 9.96. The third-order valence-corrected chi connectivity index (χ3v) is 2.98. The molecule has 0 saturated heterocycles. The Labute approximate surface area is 110 Å². The van der Waals surface area contributed by atoms with Gasteiger partial charge in [-0.05, 0) is 6.42 Å². The molecule has 0 fully saturated rings. The lowest BCUT2D eigenvalue weighted by molar-refractivity contribution is -0.385. The Hall–Kier alpha value is -2.49. The Bertz CT molecular complexity index is 621. The molecule has 0 spiro atoms. The molecule has 0 unspecified atom stereocenters. The highest BCUT2D eigenvalue weighted by Crippen LogP contribution is 2.24. The van der Waals surface area contributed by atoms with Gasteiger partial charge in [0.25, 0.3) is 5.69 Å². The number of carbonyl (C=O) groups excluding carboxylic acids is 1. The summed E-state index contributed by atoms with van der Waals surface area (Å²) in [7, 11) is 0. The molecule has 0 N–H and O–H groups in total. The molecule has 96 valence electrons. The predicted octanol–water partition coefficient (Wildman–Crippen LogP) is 3.39. The summed E-state index contributed by atoms with van der Waals surface area (Å²) in [5.41, 5.74) is 1.44. The highest BCUT2D eigenvalue weighted by atomic mass is 16.6. The van der Waals surface area contributed by atoms with Crippen LogP contribution in [0.3, 0.4) is 0 Å². The molecule has 0 amide bonds.